The molecule has 1 aromatic rings. The van der Waals surface area contributed by atoms with Crippen molar-refractivity contribution in [1.82, 2.24) is 10.2 Å². The highest BCUT2D eigenvalue weighted by molar-refractivity contribution is 5.95. The number of carbonyl (C=O) groups excluding carboxylic acids is 2. The number of terminal acetylenes is 1. The molecule has 1 unspecified atom stereocenters. The van der Waals surface area contributed by atoms with Gasteiger partial charge in [-0.1, -0.05) is 30.3 Å². The molecule has 0 radical (unpaired) electrons. The highest BCUT2D eigenvalue weighted by atomic mass is 16.2. The van der Waals surface area contributed by atoms with E-state index >= 15 is 0 Å². The molecule has 1 aliphatic heterocycles. The third-order valence-electron chi connectivity index (χ3n) is 2.86. The van der Waals surface area contributed by atoms with Crippen LogP contribution in [-0.2, 0) is 9.59 Å². The minimum absolute atomic E-state index is 0.0871. The van der Waals surface area contributed by atoms with Crippen LogP contribution in [0, 0.1) is 12.3 Å². The quantitative estimate of drug-likeness (QED) is 0.794. The first-order chi connectivity index (χ1) is 8.72. The third kappa shape index (κ3) is 2.51. The molecule has 1 aromatic carbocycles. The average molecular weight is 242 g/mol. The van der Waals surface area contributed by atoms with E-state index in [9.17, 15) is 9.59 Å². The molecule has 4 heteroatoms. The van der Waals surface area contributed by atoms with Gasteiger partial charge in [0.15, 0.2) is 0 Å². The van der Waals surface area contributed by atoms with Gasteiger partial charge in [0.05, 0.1) is 6.54 Å². The van der Waals surface area contributed by atoms with Crippen LogP contribution in [-0.4, -0.2) is 29.8 Å². The lowest BCUT2D eigenvalue weighted by atomic mass is 10.0. The Bertz CT molecular complexity index is 490. The van der Waals surface area contributed by atoms with Gasteiger partial charge in [0.2, 0.25) is 11.8 Å². The Hall–Kier alpha value is -2.28. The minimum atomic E-state index is -0.592. The maximum Gasteiger partial charge on any atom is 0.250 e. The van der Waals surface area contributed by atoms with E-state index in [0.29, 0.717) is 13.0 Å². The normalized spacial score (nSPS) is 19.3. The standard InChI is InChI=1S/C14H14N2O2/c1-2-3-9-16-10-12(17)15-13(14(16)18)11-7-5-4-6-8-11/h1,4-8,13H,3,9-10H2,(H,15,17). The van der Waals surface area contributed by atoms with Crippen molar-refractivity contribution in [2.45, 2.75) is 12.5 Å². The smallest absolute Gasteiger partial charge is 0.250 e. The molecule has 2 rings (SSSR count). The van der Waals surface area contributed by atoms with Gasteiger partial charge in [0, 0.05) is 13.0 Å². The Morgan fingerprint density at radius 2 is 2.06 bits per heavy atom. The summed E-state index contributed by atoms with van der Waals surface area (Å²) in [5.41, 5.74) is 0.793. The van der Waals surface area contributed by atoms with E-state index in [1.54, 1.807) is 0 Å². The maximum atomic E-state index is 12.2. The van der Waals surface area contributed by atoms with E-state index in [2.05, 4.69) is 11.2 Å². The van der Waals surface area contributed by atoms with Crippen LogP contribution >= 0.6 is 0 Å². The zero-order chi connectivity index (χ0) is 13.0. The molecule has 0 saturated carbocycles. The van der Waals surface area contributed by atoms with E-state index in [1.807, 2.05) is 30.3 Å². The Morgan fingerprint density at radius 3 is 2.72 bits per heavy atom. The molecule has 1 atom stereocenters. The molecule has 1 aliphatic rings. The maximum absolute atomic E-state index is 12.2. The second-order valence-electron chi connectivity index (χ2n) is 4.13. The van der Waals surface area contributed by atoms with Crippen molar-refractivity contribution < 1.29 is 9.59 Å². The first kappa shape index (κ1) is 12.2. The summed E-state index contributed by atoms with van der Waals surface area (Å²) < 4.78 is 0. The number of nitrogens with zero attached hydrogens (tertiary/aromatic N) is 1. The predicted octanol–water partition coefficient (Wildman–Crippen LogP) is 0.709. The lowest BCUT2D eigenvalue weighted by Gasteiger charge is -2.32. The molecule has 0 spiro atoms. The average Bonchev–Trinajstić information content (AvgIpc) is 2.40. The van der Waals surface area contributed by atoms with Crippen molar-refractivity contribution in [3.63, 3.8) is 0 Å². The Balaban J connectivity index is 2.18. The number of piperazine rings is 1. The summed E-state index contributed by atoms with van der Waals surface area (Å²) in [6, 6.07) is 8.62. The summed E-state index contributed by atoms with van der Waals surface area (Å²) in [7, 11) is 0. The largest absolute Gasteiger partial charge is 0.339 e. The van der Waals surface area contributed by atoms with Gasteiger partial charge in [-0.2, -0.15) is 0 Å². The number of benzene rings is 1. The lowest BCUT2D eigenvalue weighted by molar-refractivity contribution is -0.144. The minimum Gasteiger partial charge on any atom is -0.339 e. The van der Waals surface area contributed by atoms with Crippen LogP contribution in [0.3, 0.4) is 0 Å². The van der Waals surface area contributed by atoms with Crippen LogP contribution in [0.15, 0.2) is 30.3 Å². The second kappa shape index (κ2) is 5.37. The van der Waals surface area contributed by atoms with Crippen LogP contribution in [0.4, 0.5) is 0 Å². The van der Waals surface area contributed by atoms with Crippen molar-refractivity contribution in [1.29, 1.82) is 0 Å². The second-order valence-corrected chi connectivity index (χ2v) is 4.13. The first-order valence-corrected chi connectivity index (χ1v) is 5.79. The number of carbonyl (C=O) groups is 2. The van der Waals surface area contributed by atoms with Crippen molar-refractivity contribution in [3.8, 4) is 12.3 Å². The topological polar surface area (TPSA) is 49.4 Å². The zero-order valence-corrected chi connectivity index (χ0v) is 9.93. The fourth-order valence-corrected chi connectivity index (χ4v) is 1.96. The van der Waals surface area contributed by atoms with Gasteiger partial charge in [-0.25, -0.2) is 0 Å². The SMILES string of the molecule is C#CCCN1CC(=O)NC(c2ccccc2)C1=O. The Kier molecular flexibility index (Phi) is 3.63. The van der Waals surface area contributed by atoms with E-state index in [-0.39, 0.29) is 18.4 Å². The molecule has 1 N–H and O–H groups in total. The van der Waals surface area contributed by atoms with Gasteiger partial charge in [-0.05, 0) is 5.56 Å². The summed E-state index contributed by atoms with van der Waals surface area (Å²) in [6.45, 7) is 0.510. The zero-order valence-electron chi connectivity index (χ0n) is 9.93. The molecule has 1 saturated heterocycles. The van der Waals surface area contributed by atoms with E-state index in [0.717, 1.165) is 5.56 Å². The van der Waals surface area contributed by atoms with Crippen molar-refractivity contribution in [3.05, 3.63) is 35.9 Å². The molecule has 18 heavy (non-hydrogen) atoms. The van der Waals surface area contributed by atoms with Gasteiger partial charge < -0.3 is 10.2 Å². The predicted molar refractivity (Wildman–Crippen MR) is 67.4 cm³/mol. The summed E-state index contributed by atoms with van der Waals surface area (Å²) in [5.74, 6) is 2.23. The number of hydrogen-bond acceptors (Lipinski definition) is 2. The summed E-state index contributed by atoms with van der Waals surface area (Å²) >= 11 is 0. The van der Waals surface area contributed by atoms with Crippen LogP contribution in [0.2, 0.25) is 0 Å². The van der Waals surface area contributed by atoms with Gasteiger partial charge in [-0.15, -0.1) is 12.3 Å². The van der Waals surface area contributed by atoms with Gasteiger partial charge >= 0.3 is 0 Å². The molecular weight excluding hydrogens is 228 g/mol. The van der Waals surface area contributed by atoms with Crippen molar-refractivity contribution in [2.75, 3.05) is 13.1 Å². The molecule has 1 fully saturated rings. The van der Waals surface area contributed by atoms with E-state index < -0.39 is 6.04 Å². The monoisotopic (exact) mass is 242 g/mol. The fraction of sp³-hybridized carbons (Fsp3) is 0.286. The highest BCUT2D eigenvalue weighted by Gasteiger charge is 2.32. The molecule has 0 bridgehead atoms. The molecule has 1 heterocycles. The van der Waals surface area contributed by atoms with Crippen molar-refractivity contribution in [2.24, 2.45) is 0 Å². The molecule has 4 nitrogen and oxygen atoms in total. The molecule has 92 valence electrons. The lowest BCUT2D eigenvalue weighted by Crippen LogP contribution is -2.53. The Morgan fingerprint density at radius 1 is 1.33 bits per heavy atom. The summed E-state index contributed by atoms with van der Waals surface area (Å²) in [6.07, 6.45) is 5.64. The fourth-order valence-electron chi connectivity index (χ4n) is 1.96. The van der Waals surface area contributed by atoms with E-state index in [4.69, 9.17) is 6.42 Å². The molecule has 2 amide bonds. The van der Waals surface area contributed by atoms with Crippen LogP contribution in [0.1, 0.15) is 18.0 Å². The van der Waals surface area contributed by atoms with Crippen LogP contribution in [0.5, 0.6) is 0 Å². The third-order valence-corrected chi connectivity index (χ3v) is 2.86. The van der Waals surface area contributed by atoms with Gasteiger partial charge in [-0.3, -0.25) is 9.59 Å². The molecular formula is C14H14N2O2. The molecule has 0 aliphatic carbocycles. The van der Waals surface area contributed by atoms with Crippen LogP contribution < -0.4 is 5.32 Å². The number of amides is 2. The molecule has 0 aromatic heterocycles. The Labute approximate surface area is 106 Å². The highest BCUT2D eigenvalue weighted by Crippen LogP contribution is 2.18. The van der Waals surface area contributed by atoms with Gasteiger partial charge in [0.25, 0.3) is 0 Å². The summed E-state index contributed by atoms with van der Waals surface area (Å²) in [4.78, 5) is 25.3. The number of nitrogens with one attached hydrogen (secondary N) is 1. The summed E-state index contributed by atoms with van der Waals surface area (Å²) in [5, 5.41) is 2.71. The van der Waals surface area contributed by atoms with Gasteiger partial charge in [0.1, 0.15) is 6.04 Å². The number of rotatable bonds is 3. The first-order valence-electron chi connectivity index (χ1n) is 5.79. The van der Waals surface area contributed by atoms with Crippen molar-refractivity contribution >= 4 is 11.8 Å². The van der Waals surface area contributed by atoms with Crippen LogP contribution in [0.25, 0.3) is 0 Å². The number of hydrogen-bond donors (Lipinski definition) is 1. The van der Waals surface area contributed by atoms with E-state index in [1.165, 1.54) is 4.90 Å².